The zero-order chi connectivity index (χ0) is 11.7. The first kappa shape index (κ1) is 12.1. The molecule has 0 aromatic rings. The zero-order valence-corrected chi connectivity index (χ0v) is 11.7. The van der Waals surface area contributed by atoms with Crippen LogP contribution in [0.5, 0.6) is 0 Å². The molecular formula is C17H30. The van der Waals surface area contributed by atoms with Crippen molar-refractivity contribution in [2.45, 2.75) is 77.6 Å². The summed E-state index contributed by atoms with van der Waals surface area (Å²) in [6.45, 7) is 2.48. The lowest BCUT2D eigenvalue weighted by Gasteiger charge is -2.44. The normalized spacial score (nSPS) is 44.3. The molecule has 0 heterocycles. The van der Waals surface area contributed by atoms with Gasteiger partial charge in [0.05, 0.1) is 0 Å². The second-order valence-electron chi connectivity index (χ2n) is 7.41. The van der Waals surface area contributed by atoms with E-state index < -0.39 is 0 Å². The number of hydrogen-bond acceptors (Lipinski definition) is 0. The van der Waals surface area contributed by atoms with E-state index in [9.17, 15) is 0 Å². The highest BCUT2D eigenvalue weighted by atomic mass is 14.4. The SMILES string of the molecule is CC1CCC2CC(C3CCCCC3)CCC2C1. The summed E-state index contributed by atoms with van der Waals surface area (Å²) in [4.78, 5) is 0. The maximum Gasteiger partial charge on any atom is -0.0383 e. The standard InChI is InChI=1S/C17H30/c1-13-7-8-17-12-16(10-9-15(17)11-13)14-5-3-2-4-6-14/h13-17H,2-12H2,1H3. The molecule has 3 saturated carbocycles. The summed E-state index contributed by atoms with van der Waals surface area (Å²) in [5.74, 6) is 5.54. The van der Waals surface area contributed by atoms with Crippen LogP contribution < -0.4 is 0 Å². The quantitative estimate of drug-likeness (QED) is 0.568. The van der Waals surface area contributed by atoms with Gasteiger partial charge in [-0.05, 0) is 61.7 Å². The van der Waals surface area contributed by atoms with Crippen molar-refractivity contribution in [3.05, 3.63) is 0 Å². The van der Waals surface area contributed by atoms with Crippen molar-refractivity contribution >= 4 is 0 Å². The molecule has 3 fully saturated rings. The summed E-state index contributed by atoms with van der Waals surface area (Å²) in [6.07, 6.45) is 17.1. The topological polar surface area (TPSA) is 0 Å². The number of hydrogen-bond donors (Lipinski definition) is 0. The highest BCUT2D eigenvalue weighted by Crippen LogP contribution is 2.48. The Balaban J connectivity index is 1.56. The van der Waals surface area contributed by atoms with E-state index in [2.05, 4.69) is 6.92 Å². The van der Waals surface area contributed by atoms with E-state index in [1.165, 1.54) is 25.7 Å². The van der Waals surface area contributed by atoms with E-state index in [1.54, 1.807) is 44.9 Å². The molecule has 0 amide bonds. The van der Waals surface area contributed by atoms with Crippen molar-refractivity contribution in [1.82, 2.24) is 0 Å². The first-order valence-electron chi connectivity index (χ1n) is 8.33. The van der Waals surface area contributed by atoms with Gasteiger partial charge >= 0.3 is 0 Å². The molecule has 0 spiro atoms. The Hall–Kier alpha value is 0. The van der Waals surface area contributed by atoms with E-state index in [-0.39, 0.29) is 0 Å². The van der Waals surface area contributed by atoms with Crippen LogP contribution in [0.3, 0.4) is 0 Å². The van der Waals surface area contributed by atoms with E-state index in [1.807, 2.05) is 0 Å². The minimum absolute atomic E-state index is 1.03. The predicted molar refractivity (Wildman–Crippen MR) is 73.9 cm³/mol. The van der Waals surface area contributed by atoms with E-state index >= 15 is 0 Å². The van der Waals surface area contributed by atoms with Crippen LogP contribution in [-0.4, -0.2) is 0 Å². The molecule has 0 aliphatic heterocycles. The first-order valence-corrected chi connectivity index (χ1v) is 8.33. The first-order chi connectivity index (χ1) is 8.33. The van der Waals surface area contributed by atoms with Gasteiger partial charge < -0.3 is 0 Å². The molecule has 0 saturated heterocycles. The third kappa shape index (κ3) is 2.71. The van der Waals surface area contributed by atoms with Gasteiger partial charge in [0, 0.05) is 0 Å². The van der Waals surface area contributed by atoms with Crippen LogP contribution in [0, 0.1) is 29.6 Å². The van der Waals surface area contributed by atoms with Crippen molar-refractivity contribution in [3.63, 3.8) is 0 Å². The molecule has 0 N–H and O–H groups in total. The summed E-state index contributed by atoms with van der Waals surface area (Å²) in [5.41, 5.74) is 0. The minimum atomic E-state index is 1.03. The molecule has 0 aromatic heterocycles. The second kappa shape index (κ2) is 5.33. The predicted octanol–water partition coefficient (Wildman–Crippen LogP) is 5.42. The molecule has 0 nitrogen and oxygen atoms in total. The van der Waals surface area contributed by atoms with Crippen LogP contribution in [-0.2, 0) is 0 Å². The van der Waals surface area contributed by atoms with Gasteiger partial charge in [-0.3, -0.25) is 0 Å². The molecule has 4 atom stereocenters. The van der Waals surface area contributed by atoms with Gasteiger partial charge in [-0.2, -0.15) is 0 Å². The molecule has 17 heavy (non-hydrogen) atoms. The fourth-order valence-corrected chi connectivity index (χ4v) is 5.19. The Morgan fingerprint density at radius 1 is 0.529 bits per heavy atom. The third-order valence-electron chi connectivity index (χ3n) is 6.23. The lowest BCUT2D eigenvalue weighted by molar-refractivity contribution is 0.0691. The largest absolute Gasteiger partial charge is 0.0625 e. The maximum atomic E-state index is 2.48. The monoisotopic (exact) mass is 234 g/mol. The Morgan fingerprint density at radius 3 is 1.88 bits per heavy atom. The molecule has 98 valence electrons. The van der Waals surface area contributed by atoms with E-state index in [0.29, 0.717) is 0 Å². The average Bonchev–Trinajstić information content (AvgIpc) is 2.39. The molecule has 0 radical (unpaired) electrons. The van der Waals surface area contributed by atoms with Gasteiger partial charge in [0.25, 0.3) is 0 Å². The highest BCUT2D eigenvalue weighted by Gasteiger charge is 2.36. The van der Waals surface area contributed by atoms with Gasteiger partial charge in [-0.25, -0.2) is 0 Å². The maximum absolute atomic E-state index is 2.48. The van der Waals surface area contributed by atoms with Crippen LogP contribution in [0.2, 0.25) is 0 Å². The van der Waals surface area contributed by atoms with Crippen LogP contribution in [0.15, 0.2) is 0 Å². The molecule has 3 aliphatic carbocycles. The van der Waals surface area contributed by atoms with Crippen molar-refractivity contribution in [2.75, 3.05) is 0 Å². The van der Waals surface area contributed by atoms with Gasteiger partial charge in [0.15, 0.2) is 0 Å². The van der Waals surface area contributed by atoms with Crippen molar-refractivity contribution < 1.29 is 0 Å². The van der Waals surface area contributed by atoms with Gasteiger partial charge in [0.2, 0.25) is 0 Å². The van der Waals surface area contributed by atoms with Crippen LogP contribution in [0.4, 0.5) is 0 Å². The Bertz CT molecular complexity index is 238. The Morgan fingerprint density at radius 2 is 1.12 bits per heavy atom. The molecule has 0 heteroatoms. The Labute approximate surface area is 108 Å². The molecular weight excluding hydrogens is 204 g/mol. The molecule has 0 bridgehead atoms. The Kier molecular flexibility index (Phi) is 3.78. The lowest BCUT2D eigenvalue weighted by Crippen LogP contribution is -2.33. The van der Waals surface area contributed by atoms with Crippen molar-refractivity contribution in [1.29, 1.82) is 0 Å². The van der Waals surface area contributed by atoms with E-state index in [4.69, 9.17) is 0 Å². The molecule has 4 unspecified atom stereocenters. The number of rotatable bonds is 1. The van der Waals surface area contributed by atoms with Crippen molar-refractivity contribution in [2.24, 2.45) is 29.6 Å². The van der Waals surface area contributed by atoms with Crippen LogP contribution in [0.1, 0.15) is 77.6 Å². The molecule has 3 aliphatic rings. The second-order valence-corrected chi connectivity index (χ2v) is 7.41. The molecule has 3 rings (SSSR count). The molecule has 0 aromatic carbocycles. The van der Waals surface area contributed by atoms with Crippen molar-refractivity contribution in [3.8, 4) is 0 Å². The fourth-order valence-electron chi connectivity index (χ4n) is 5.19. The third-order valence-corrected chi connectivity index (χ3v) is 6.23. The smallest absolute Gasteiger partial charge is 0.0383 e. The summed E-state index contributed by atoms with van der Waals surface area (Å²) in [6, 6.07) is 0. The summed E-state index contributed by atoms with van der Waals surface area (Å²) in [7, 11) is 0. The van der Waals surface area contributed by atoms with Gasteiger partial charge in [-0.1, -0.05) is 45.4 Å². The summed E-state index contributed by atoms with van der Waals surface area (Å²) >= 11 is 0. The van der Waals surface area contributed by atoms with Gasteiger partial charge in [-0.15, -0.1) is 0 Å². The number of fused-ring (bicyclic) bond motifs is 1. The fraction of sp³-hybridized carbons (Fsp3) is 1.00. The average molecular weight is 234 g/mol. The van der Waals surface area contributed by atoms with Crippen LogP contribution >= 0.6 is 0 Å². The summed E-state index contributed by atoms with van der Waals surface area (Å²) in [5, 5.41) is 0. The zero-order valence-electron chi connectivity index (χ0n) is 11.7. The highest BCUT2D eigenvalue weighted by molar-refractivity contribution is 4.88. The van der Waals surface area contributed by atoms with Crippen LogP contribution in [0.25, 0.3) is 0 Å². The minimum Gasteiger partial charge on any atom is -0.0625 e. The lowest BCUT2D eigenvalue weighted by atomic mass is 9.61. The van der Waals surface area contributed by atoms with Gasteiger partial charge in [0.1, 0.15) is 0 Å². The summed E-state index contributed by atoms with van der Waals surface area (Å²) < 4.78 is 0. The van der Waals surface area contributed by atoms with E-state index in [0.717, 1.165) is 29.6 Å².